The molecule has 0 bridgehead atoms. The molecule has 4 aromatic rings. The maximum atomic E-state index is 13.4. The number of aromatic hydroxyl groups is 1. The third-order valence-electron chi connectivity index (χ3n) is 7.21. The number of thiazole rings is 1. The number of hydrogen-bond acceptors (Lipinski definition) is 6. The molecule has 0 fully saturated rings. The highest BCUT2D eigenvalue weighted by Gasteiger charge is 2.26. The molecule has 0 saturated heterocycles. The van der Waals surface area contributed by atoms with Crippen LogP contribution in [0.25, 0.3) is 10.2 Å². The normalized spacial score (nSPS) is 11.7. The maximum absolute atomic E-state index is 13.4. The molecule has 0 aliphatic rings. The van der Waals surface area contributed by atoms with E-state index in [0.29, 0.717) is 44.7 Å². The molecule has 1 aromatic heterocycles. The third kappa shape index (κ3) is 8.27. The van der Waals surface area contributed by atoms with E-state index in [9.17, 15) is 14.7 Å². The predicted octanol–water partition coefficient (Wildman–Crippen LogP) is 4.46. The van der Waals surface area contributed by atoms with Gasteiger partial charge in [0.2, 0.25) is 5.91 Å². The summed E-state index contributed by atoms with van der Waals surface area (Å²) < 4.78 is 0.799. The number of aromatic amines is 1. The molecule has 8 heteroatoms. The van der Waals surface area contributed by atoms with E-state index in [4.69, 9.17) is 0 Å². The average molecular weight is 561 g/mol. The molecule has 0 atom stereocenters. The number of phenolic OH excluding ortho intramolecular Hbond substituents is 1. The lowest BCUT2D eigenvalue weighted by atomic mass is 9.84. The second-order valence-corrected chi connectivity index (χ2v) is 11.7. The third-order valence-corrected chi connectivity index (χ3v) is 8.17. The number of hydrogen-bond donors (Lipinski definition) is 4. The predicted molar refractivity (Wildman–Crippen MR) is 164 cm³/mol. The Morgan fingerprint density at radius 1 is 0.900 bits per heavy atom. The Labute approximate surface area is 240 Å². The number of benzene rings is 3. The number of rotatable bonds is 15. The van der Waals surface area contributed by atoms with E-state index in [1.165, 1.54) is 11.1 Å². The van der Waals surface area contributed by atoms with Crippen LogP contribution < -0.4 is 15.5 Å². The van der Waals surface area contributed by atoms with Crippen LogP contribution in [0.1, 0.15) is 37.0 Å². The van der Waals surface area contributed by atoms with Crippen LogP contribution >= 0.6 is 11.3 Å². The van der Waals surface area contributed by atoms with E-state index >= 15 is 0 Å². The minimum atomic E-state index is -0.180. The Bertz CT molecular complexity index is 1420. The Kier molecular flexibility index (Phi) is 10.5. The zero-order valence-corrected chi connectivity index (χ0v) is 24.2. The van der Waals surface area contributed by atoms with Crippen molar-refractivity contribution in [3.05, 3.63) is 99.2 Å². The molecule has 212 valence electrons. The SMILES string of the molecule is CC(C)(CN(CCNCCc1ccc(O)c2[nH]c(=O)sc12)C(=O)CCNCCc1ccccc1)c1ccccc1. The topological polar surface area (TPSA) is 97.5 Å². The van der Waals surface area contributed by atoms with E-state index in [-0.39, 0.29) is 21.9 Å². The molecule has 7 nitrogen and oxygen atoms in total. The van der Waals surface area contributed by atoms with Crippen LogP contribution in [0.15, 0.2) is 77.6 Å². The Morgan fingerprint density at radius 3 is 2.33 bits per heavy atom. The van der Waals surface area contributed by atoms with Crippen molar-refractivity contribution in [2.45, 2.75) is 38.5 Å². The second kappa shape index (κ2) is 14.3. The minimum absolute atomic E-state index is 0.0924. The van der Waals surface area contributed by atoms with Crippen molar-refractivity contribution in [1.82, 2.24) is 20.5 Å². The first-order valence-corrected chi connectivity index (χ1v) is 14.8. The molecule has 0 saturated carbocycles. The summed E-state index contributed by atoms with van der Waals surface area (Å²) in [6.45, 7) is 8.49. The van der Waals surface area contributed by atoms with Gasteiger partial charge in [-0.3, -0.25) is 9.59 Å². The first-order chi connectivity index (χ1) is 19.3. The first-order valence-electron chi connectivity index (χ1n) is 14.0. The quantitative estimate of drug-likeness (QED) is 0.161. The summed E-state index contributed by atoms with van der Waals surface area (Å²) in [7, 11) is 0. The van der Waals surface area contributed by atoms with Crippen LogP contribution in [0, 0.1) is 0 Å². The van der Waals surface area contributed by atoms with Crippen molar-refractivity contribution in [3.8, 4) is 5.75 Å². The van der Waals surface area contributed by atoms with Crippen molar-refractivity contribution < 1.29 is 9.90 Å². The fraction of sp³-hybridized carbons (Fsp3) is 0.375. The zero-order valence-electron chi connectivity index (χ0n) is 23.4. The highest BCUT2D eigenvalue weighted by atomic mass is 32.1. The molecular weight excluding hydrogens is 520 g/mol. The monoisotopic (exact) mass is 560 g/mol. The van der Waals surface area contributed by atoms with Gasteiger partial charge in [-0.1, -0.05) is 91.9 Å². The lowest BCUT2D eigenvalue weighted by Crippen LogP contribution is -2.45. The number of nitrogens with one attached hydrogen (secondary N) is 3. The van der Waals surface area contributed by atoms with Gasteiger partial charge in [0, 0.05) is 38.0 Å². The van der Waals surface area contributed by atoms with Crippen LogP contribution in [-0.4, -0.2) is 60.2 Å². The van der Waals surface area contributed by atoms with Gasteiger partial charge in [-0.05, 0) is 48.7 Å². The second-order valence-electron chi connectivity index (χ2n) is 10.8. The molecule has 1 amide bonds. The average Bonchev–Trinajstić information content (AvgIpc) is 3.36. The van der Waals surface area contributed by atoms with Gasteiger partial charge >= 0.3 is 4.87 Å². The first kappa shape index (κ1) is 29.5. The van der Waals surface area contributed by atoms with Crippen LogP contribution in [0.4, 0.5) is 0 Å². The van der Waals surface area contributed by atoms with E-state index in [1.807, 2.05) is 47.4 Å². The standard InChI is InChI=1S/C32H40N4O3S/c1-32(2,26-11-7-4-8-12-26)23-36(28(38)17-20-33-18-15-24-9-5-3-6-10-24)22-21-34-19-16-25-13-14-27(37)29-30(25)40-31(39)35-29/h3-14,33-34,37H,15-23H2,1-2H3,(H,35,39). The lowest BCUT2D eigenvalue weighted by Gasteiger charge is -2.33. The van der Waals surface area contributed by atoms with Gasteiger partial charge in [0.05, 0.1) is 4.70 Å². The number of aromatic nitrogens is 1. The molecule has 3 aromatic carbocycles. The zero-order chi connectivity index (χ0) is 28.4. The number of carbonyl (C=O) groups is 1. The number of carbonyl (C=O) groups excluding carboxylic acids is 1. The number of H-pyrrole nitrogens is 1. The molecule has 0 unspecified atom stereocenters. The fourth-order valence-electron chi connectivity index (χ4n) is 4.94. The van der Waals surface area contributed by atoms with Gasteiger partial charge in [-0.2, -0.15) is 0 Å². The number of nitrogens with zero attached hydrogens (tertiary/aromatic N) is 1. The Hall–Kier alpha value is -3.46. The summed E-state index contributed by atoms with van der Waals surface area (Å²) in [4.78, 5) is 29.7. The molecule has 0 aliphatic carbocycles. The van der Waals surface area contributed by atoms with Crippen LogP contribution in [0.2, 0.25) is 0 Å². The van der Waals surface area contributed by atoms with E-state index in [2.05, 4.69) is 53.7 Å². The van der Waals surface area contributed by atoms with Gasteiger partial charge in [-0.25, -0.2) is 0 Å². The molecule has 40 heavy (non-hydrogen) atoms. The van der Waals surface area contributed by atoms with Gasteiger partial charge in [0.25, 0.3) is 0 Å². The number of amides is 1. The van der Waals surface area contributed by atoms with Crippen LogP contribution in [-0.2, 0) is 23.1 Å². The van der Waals surface area contributed by atoms with Crippen LogP contribution in [0.5, 0.6) is 5.75 Å². The fourth-order valence-corrected chi connectivity index (χ4v) is 5.83. The summed E-state index contributed by atoms with van der Waals surface area (Å²) >= 11 is 1.12. The summed E-state index contributed by atoms with van der Waals surface area (Å²) in [5.74, 6) is 0.241. The van der Waals surface area contributed by atoms with E-state index in [1.54, 1.807) is 6.07 Å². The van der Waals surface area contributed by atoms with E-state index in [0.717, 1.165) is 41.0 Å². The smallest absolute Gasteiger partial charge is 0.305 e. The number of fused-ring (bicyclic) bond motifs is 1. The van der Waals surface area contributed by atoms with Crippen molar-refractivity contribution in [1.29, 1.82) is 0 Å². The molecule has 4 N–H and O–H groups in total. The van der Waals surface area contributed by atoms with Gasteiger partial charge < -0.3 is 25.6 Å². The van der Waals surface area contributed by atoms with E-state index < -0.39 is 0 Å². The Balaban J connectivity index is 1.30. The molecule has 4 rings (SSSR count). The summed E-state index contributed by atoms with van der Waals surface area (Å²) in [5.41, 5.74) is 3.84. The molecule has 0 radical (unpaired) electrons. The molecule has 0 aliphatic heterocycles. The largest absolute Gasteiger partial charge is 0.506 e. The molecular formula is C32H40N4O3S. The van der Waals surface area contributed by atoms with Crippen LogP contribution in [0.3, 0.4) is 0 Å². The summed E-state index contributed by atoms with van der Waals surface area (Å²) in [6, 6.07) is 24.2. The van der Waals surface area contributed by atoms with Crippen molar-refractivity contribution in [3.63, 3.8) is 0 Å². The van der Waals surface area contributed by atoms with Gasteiger partial charge in [0.1, 0.15) is 11.3 Å². The lowest BCUT2D eigenvalue weighted by molar-refractivity contribution is -0.131. The highest BCUT2D eigenvalue weighted by Crippen LogP contribution is 2.28. The Morgan fingerprint density at radius 2 is 1.57 bits per heavy atom. The van der Waals surface area contributed by atoms with Crippen molar-refractivity contribution in [2.75, 3.05) is 39.3 Å². The highest BCUT2D eigenvalue weighted by molar-refractivity contribution is 7.16. The van der Waals surface area contributed by atoms with Crippen molar-refractivity contribution >= 4 is 27.5 Å². The molecule has 1 heterocycles. The maximum Gasteiger partial charge on any atom is 0.305 e. The summed E-state index contributed by atoms with van der Waals surface area (Å²) in [5, 5.41) is 16.9. The van der Waals surface area contributed by atoms with Gasteiger partial charge in [-0.15, -0.1) is 0 Å². The van der Waals surface area contributed by atoms with Gasteiger partial charge in [0.15, 0.2) is 0 Å². The van der Waals surface area contributed by atoms with Crippen molar-refractivity contribution in [2.24, 2.45) is 0 Å². The summed E-state index contributed by atoms with van der Waals surface area (Å²) in [6.07, 6.45) is 2.12. The minimum Gasteiger partial charge on any atom is -0.506 e. The number of phenols is 1. The molecule has 0 spiro atoms.